The van der Waals surface area contributed by atoms with Crippen molar-refractivity contribution in [1.82, 2.24) is 5.32 Å². The van der Waals surface area contributed by atoms with Gasteiger partial charge in [0.25, 0.3) is 5.91 Å². The van der Waals surface area contributed by atoms with Crippen molar-refractivity contribution in [2.24, 2.45) is 0 Å². The lowest BCUT2D eigenvalue weighted by atomic mass is 10.1. The molecule has 0 aliphatic carbocycles. The Morgan fingerprint density at radius 1 is 1.08 bits per heavy atom. The summed E-state index contributed by atoms with van der Waals surface area (Å²) in [5.74, 6) is -0.270. The van der Waals surface area contributed by atoms with E-state index in [0.29, 0.717) is 18.5 Å². The first-order valence-electron chi connectivity index (χ1n) is 8.01. The van der Waals surface area contributed by atoms with Gasteiger partial charge in [-0.3, -0.25) is 9.59 Å². The Morgan fingerprint density at radius 2 is 1.75 bits per heavy atom. The number of benzene rings is 2. The van der Waals surface area contributed by atoms with Gasteiger partial charge in [0.2, 0.25) is 5.91 Å². The number of hydrogen-bond donors (Lipinski definition) is 1. The van der Waals surface area contributed by atoms with Crippen LogP contribution in [0, 0.1) is 0 Å². The van der Waals surface area contributed by atoms with Crippen LogP contribution in [0.1, 0.15) is 16.8 Å². The van der Waals surface area contributed by atoms with Crippen molar-refractivity contribution in [3.8, 4) is 0 Å². The third-order valence-electron chi connectivity index (χ3n) is 4.22. The van der Waals surface area contributed by atoms with Gasteiger partial charge in [-0.2, -0.15) is 0 Å². The van der Waals surface area contributed by atoms with Gasteiger partial charge in [0.05, 0.1) is 0 Å². The van der Waals surface area contributed by atoms with E-state index in [-0.39, 0.29) is 11.8 Å². The molecule has 5 heteroatoms. The zero-order valence-corrected chi connectivity index (χ0v) is 13.9. The SMILES string of the molecule is CN(C)c1ccc(C(=O)N[C@@H]2CCN(c3ccccc3)C2=O)cc1. The van der Waals surface area contributed by atoms with E-state index in [1.807, 2.05) is 61.5 Å². The van der Waals surface area contributed by atoms with E-state index < -0.39 is 6.04 Å². The maximum Gasteiger partial charge on any atom is 0.251 e. The second-order valence-electron chi connectivity index (χ2n) is 6.08. The highest BCUT2D eigenvalue weighted by atomic mass is 16.2. The summed E-state index contributed by atoms with van der Waals surface area (Å²) >= 11 is 0. The smallest absolute Gasteiger partial charge is 0.251 e. The third-order valence-corrected chi connectivity index (χ3v) is 4.22. The fourth-order valence-corrected chi connectivity index (χ4v) is 2.83. The summed E-state index contributed by atoms with van der Waals surface area (Å²) < 4.78 is 0. The van der Waals surface area contributed by atoms with Gasteiger partial charge in [-0.05, 0) is 42.8 Å². The highest BCUT2D eigenvalue weighted by Gasteiger charge is 2.33. The summed E-state index contributed by atoms with van der Waals surface area (Å²) in [6, 6.07) is 16.4. The number of nitrogens with zero attached hydrogens (tertiary/aromatic N) is 2. The van der Waals surface area contributed by atoms with Gasteiger partial charge in [-0.1, -0.05) is 18.2 Å². The van der Waals surface area contributed by atoms with Crippen LogP contribution in [0.15, 0.2) is 54.6 Å². The molecule has 0 spiro atoms. The Balaban J connectivity index is 1.66. The van der Waals surface area contributed by atoms with Crippen LogP contribution in [0.3, 0.4) is 0 Å². The van der Waals surface area contributed by atoms with Crippen molar-refractivity contribution < 1.29 is 9.59 Å². The highest BCUT2D eigenvalue weighted by Crippen LogP contribution is 2.21. The first-order valence-corrected chi connectivity index (χ1v) is 8.01. The summed E-state index contributed by atoms with van der Waals surface area (Å²) in [5, 5.41) is 2.85. The molecule has 2 amide bonds. The van der Waals surface area contributed by atoms with Gasteiger partial charge in [0.15, 0.2) is 0 Å². The molecule has 1 aliphatic heterocycles. The second kappa shape index (κ2) is 6.74. The monoisotopic (exact) mass is 323 g/mol. The highest BCUT2D eigenvalue weighted by molar-refractivity contribution is 6.03. The topological polar surface area (TPSA) is 52.7 Å². The normalized spacial score (nSPS) is 17.0. The van der Waals surface area contributed by atoms with Crippen molar-refractivity contribution in [1.29, 1.82) is 0 Å². The Morgan fingerprint density at radius 3 is 2.38 bits per heavy atom. The molecule has 3 rings (SSSR count). The van der Waals surface area contributed by atoms with Crippen LogP contribution in [0.25, 0.3) is 0 Å². The number of nitrogens with one attached hydrogen (secondary N) is 1. The van der Waals surface area contributed by atoms with Crippen molar-refractivity contribution in [2.75, 3.05) is 30.4 Å². The summed E-state index contributed by atoms with van der Waals surface area (Å²) in [4.78, 5) is 28.6. The molecule has 5 nitrogen and oxygen atoms in total. The average molecular weight is 323 g/mol. The van der Waals surface area contributed by atoms with E-state index in [2.05, 4.69) is 5.32 Å². The van der Waals surface area contributed by atoms with Crippen LogP contribution >= 0.6 is 0 Å². The minimum absolute atomic E-state index is 0.0561. The van der Waals surface area contributed by atoms with E-state index in [1.165, 1.54) is 0 Å². The molecule has 1 fully saturated rings. The fraction of sp³-hybridized carbons (Fsp3) is 0.263. The van der Waals surface area contributed by atoms with Gasteiger partial charge >= 0.3 is 0 Å². The van der Waals surface area contributed by atoms with E-state index in [0.717, 1.165) is 11.4 Å². The molecule has 0 saturated carbocycles. The maximum atomic E-state index is 12.5. The van der Waals surface area contributed by atoms with Crippen LogP contribution in [-0.2, 0) is 4.79 Å². The van der Waals surface area contributed by atoms with E-state index in [9.17, 15) is 9.59 Å². The predicted octanol–water partition coefficient (Wildman–Crippen LogP) is 2.29. The van der Waals surface area contributed by atoms with Gasteiger partial charge in [0.1, 0.15) is 6.04 Å². The van der Waals surface area contributed by atoms with Gasteiger partial charge in [0, 0.05) is 37.6 Å². The van der Waals surface area contributed by atoms with E-state index in [4.69, 9.17) is 0 Å². The Kier molecular flexibility index (Phi) is 4.51. The minimum atomic E-state index is -0.466. The molecule has 2 aromatic carbocycles. The molecule has 1 heterocycles. The van der Waals surface area contributed by atoms with E-state index >= 15 is 0 Å². The summed E-state index contributed by atoms with van der Waals surface area (Å²) in [7, 11) is 3.90. The van der Waals surface area contributed by atoms with Crippen molar-refractivity contribution in [3.05, 3.63) is 60.2 Å². The first-order chi connectivity index (χ1) is 11.6. The first kappa shape index (κ1) is 16.1. The molecule has 124 valence electrons. The van der Waals surface area contributed by atoms with Gasteiger partial charge in [-0.25, -0.2) is 0 Å². The quantitative estimate of drug-likeness (QED) is 0.939. The molecule has 0 aromatic heterocycles. The van der Waals surface area contributed by atoms with Crippen LogP contribution < -0.4 is 15.1 Å². The van der Waals surface area contributed by atoms with Crippen LogP contribution in [0.5, 0.6) is 0 Å². The lowest BCUT2D eigenvalue weighted by molar-refractivity contribution is -0.118. The molecule has 2 aromatic rings. The molecular formula is C19H21N3O2. The largest absolute Gasteiger partial charge is 0.378 e. The standard InChI is InChI=1S/C19H21N3O2/c1-21(2)15-10-8-14(9-11-15)18(23)20-17-12-13-22(19(17)24)16-6-4-3-5-7-16/h3-11,17H,12-13H2,1-2H3,(H,20,23)/t17-/m1/s1. The zero-order valence-electron chi connectivity index (χ0n) is 13.9. The van der Waals surface area contributed by atoms with Crippen molar-refractivity contribution in [2.45, 2.75) is 12.5 Å². The molecule has 0 bridgehead atoms. The predicted molar refractivity (Wildman–Crippen MR) is 95.4 cm³/mol. The fourth-order valence-electron chi connectivity index (χ4n) is 2.83. The number of amides is 2. The molecule has 0 unspecified atom stereocenters. The Labute approximate surface area is 141 Å². The number of hydrogen-bond acceptors (Lipinski definition) is 3. The number of anilines is 2. The average Bonchev–Trinajstić information content (AvgIpc) is 2.96. The van der Waals surface area contributed by atoms with E-state index in [1.54, 1.807) is 17.0 Å². The second-order valence-corrected chi connectivity index (χ2v) is 6.08. The van der Waals surface area contributed by atoms with Crippen LogP contribution in [0.2, 0.25) is 0 Å². The number of carbonyl (C=O) groups is 2. The lowest BCUT2D eigenvalue weighted by Gasteiger charge is -2.17. The maximum absolute atomic E-state index is 12.5. The molecular weight excluding hydrogens is 302 g/mol. The minimum Gasteiger partial charge on any atom is -0.378 e. The third kappa shape index (κ3) is 3.25. The molecule has 1 atom stereocenters. The summed E-state index contributed by atoms with van der Waals surface area (Å²) in [6.45, 7) is 0.618. The zero-order chi connectivity index (χ0) is 17.1. The van der Waals surface area contributed by atoms with Crippen LogP contribution in [-0.4, -0.2) is 38.5 Å². The lowest BCUT2D eigenvalue weighted by Crippen LogP contribution is -2.41. The molecule has 1 aliphatic rings. The number of rotatable bonds is 4. The van der Waals surface area contributed by atoms with Gasteiger partial charge < -0.3 is 15.1 Å². The number of para-hydroxylation sites is 1. The summed E-state index contributed by atoms with van der Waals surface area (Å²) in [6.07, 6.45) is 0.620. The number of carbonyl (C=O) groups excluding carboxylic acids is 2. The van der Waals surface area contributed by atoms with Gasteiger partial charge in [-0.15, -0.1) is 0 Å². The molecule has 1 saturated heterocycles. The molecule has 24 heavy (non-hydrogen) atoms. The Bertz CT molecular complexity index is 726. The van der Waals surface area contributed by atoms with Crippen molar-refractivity contribution in [3.63, 3.8) is 0 Å². The summed E-state index contributed by atoms with van der Waals surface area (Å²) in [5.41, 5.74) is 2.46. The van der Waals surface area contributed by atoms with Crippen molar-refractivity contribution >= 4 is 23.2 Å². The molecule has 0 radical (unpaired) electrons. The van der Waals surface area contributed by atoms with Crippen LogP contribution in [0.4, 0.5) is 11.4 Å². The Hall–Kier alpha value is -2.82. The molecule has 1 N–H and O–H groups in total.